The zero-order chi connectivity index (χ0) is 21.5. The maximum absolute atomic E-state index is 13.3. The number of carbonyl (C=O) groups excluding carboxylic acids is 1. The highest BCUT2D eigenvalue weighted by atomic mass is 32.2. The van der Waals surface area contributed by atoms with E-state index in [1.54, 1.807) is 47.1 Å². The van der Waals surface area contributed by atoms with Gasteiger partial charge < -0.3 is 5.32 Å². The van der Waals surface area contributed by atoms with Gasteiger partial charge in [0.2, 0.25) is 10.0 Å². The van der Waals surface area contributed by atoms with E-state index < -0.39 is 10.0 Å². The number of carbonyl (C=O) groups is 1. The van der Waals surface area contributed by atoms with Crippen molar-refractivity contribution >= 4 is 48.9 Å². The number of amides is 1. The lowest BCUT2D eigenvalue weighted by Gasteiger charge is -2.11. The summed E-state index contributed by atoms with van der Waals surface area (Å²) in [5.74, 6) is -0.713. The summed E-state index contributed by atoms with van der Waals surface area (Å²) in [5, 5.41) is 8.05. The van der Waals surface area contributed by atoms with Gasteiger partial charge in [-0.25, -0.2) is 17.5 Å². The first-order valence-corrected chi connectivity index (χ1v) is 11.6. The van der Waals surface area contributed by atoms with Crippen molar-refractivity contribution in [3.05, 3.63) is 71.0 Å². The first-order valence-electron chi connectivity index (χ1n) is 8.84. The highest BCUT2D eigenvalue weighted by Gasteiger charge is 2.18. The SMILES string of the molecule is Cc1nn(-c2ccc(F)cc2)c2sc(C(=O)Nc3ccccc3NS(C)(=O)=O)cc12. The third-order valence-electron chi connectivity index (χ3n) is 4.31. The van der Waals surface area contributed by atoms with Crippen LogP contribution in [0.4, 0.5) is 15.8 Å². The predicted molar refractivity (Wildman–Crippen MR) is 117 cm³/mol. The fourth-order valence-corrected chi connectivity index (χ4v) is 4.64. The summed E-state index contributed by atoms with van der Waals surface area (Å²) in [6.07, 6.45) is 1.04. The molecule has 0 bridgehead atoms. The Morgan fingerprint density at radius 1 is 1.10 bits per heavy atom. The summed E-state index contributed by atoms with van der Waals surface area (Å²) in [7, 11) is -3.49. The van der Waals surface area contributed by atoms with E-state index in [2.05, 4.69) is 15.1 Å². The van der Waals surface area contributed by atoms with Crippen LogP contribution < -0.4 is 10.0 Å². The summed E-state index contributed by atoms with van der Waals surface area (Å²) in [6.45, 7) is 1.84. The van der Waals surface area contributed by atoms with E-state index in [4.69, 9.17) is 0 Å². The van der Waals surface area contributed by atoms with Gasteiger partial charge in [-0.3, -0.25) is 9.52 Å². The molecule has 4 aromatic rings. The van der Waals surface area contributed by atoms with Gasteiger partial charge in [0.1, 0.15) is 10.6 Å². The molecular formula is C20H17FN4O3S2. The molecule has 0 aliphatic heterocycles. The molecule has 0 saturated carbocycles. The lowest BCUT2D eigenvalue weighted by atomic mass is 10.2. The van der Waals surface area contributed by atoms with Gasteiger partial charge in [0, 0.05) is 5.39 Å². The number of benzene rings is 2. The number of para-hydroxylation sites is 2. The van der Waals surface area contributed by atoms with Crippen molar-refractivity contribution in [2.45, 2.75) is 6.92 Å². The molecule has 0 unspecified atom stereocenters. The van der Waals surface area contributed by atoms with Crippen LogP contribution in [0.15, 0.2) is 54.6 Å². The Morgan fingerprint density at radius 3 is 2.43 bits per heavy atom. The monoisotopic (exact) mass is 444 g/mol. The quantitative estimate of drug-likeness (QED) is 0.483. The molecular weight excluding hydrogens is 427 g/mol. The van der Waals surface area contributed by atoms with Crippen LogP contribution in [0.25, 0.3) is 15.9 Å². The number of sulfonamides is 1. The lowest BCUT2D eigenvalue weighted by molar-refractivity contribution is 0.103. The molecule has 4 rings (SSSR count). The van der Waals surface area contributed by atoms with Crippen molar-refractivity contribution in [3.8, 4) is 5.69 Å². The Morgan fingerprint density at radius 2 is 1.77 bits per heavy atom. The highest BCUT2D eigenvalue weighted by molar-refractivity contribution is 7.92. The number of nitrogens with zero attached hydrogens (tertiary/aromatic N) is 2. The standard InChI is InChI=1S/C20H17FN4O3S2/c1-12-15-11-18(29-20(15)25(23-12)14-9-7-13(21)8-10-14)19(26)22-16-5-3-4-6-17(16)24-30(2,27)28/h3-11,24H,1-2H3,(H,22,26). The van der Waals surface area contributed by atoms with Crippen LogP contribution in [-0.2, 0) is 10.0 Å². The van der Waals surface area contributed by atoms with Gasteiger partial charge in [-0.2, -0.15) is 5.10 Å². The zero-order valence-corrected chi connectivity index (χ0v) is 17.6. The van der Waals surface area contributed by atoms with Crippen LogP contribution in [0.3, 0.4) is 0 Å². The molecule has 2 heterocycles. The van der Waals surface area contributed by atoms with Crippen LogP contribution in [0.1, 0.15) is 15.4 Å². The first-order chi connectivity index (χ1) is 14.2. The van der Waals surface area contributed by atoms with E-state index in [0.29, 0.717) is 16.3 Å². The number of halogens is 1. The topological polar surface area (TPSA) is 93.1 Å². The molecule has 2 aromatic heterocycles. The van der Waals surface area contributed by atoms with Gasteiger partial charge in [0.05, 0.1) is 33.9 Å². The van der Waals surface area contributed by atoms with Gasteiger partial charge in [0.15, 0.2) is 0 Å². The van der Waals surface area contributed by atoms with Crippen molar-refractivity contribution in [1.82, 2.24) is 9.78 Å². The van der Waals surface area contributed by atoms with Crippen LogP contribution in [-0.4, -0.2) is 30.4 Å². The van der Waals surface area contributed by atoms with Crippen LogP contribution in [0, 0.1) is 12.7 Å². The Bertz CT molecular complexity index is 1360. The average Bonchev–Trinajstić information content (AvgIpc) is 3.24. The molecule has 2 N–H and O–H groups in total. The Balaban J connectivity index is 1.67. The molecule has 0 aliphatic carbocycles. The molecule has 7 nitrogen and oxygen atoms in total. The molecule has 0 atom stereocenters. The molecule has 0 spiro atoms. The second-order valence-corrected chi connectivity index (χ2v) is 9.46. The largest absolute Gasteiger partial charge is 0.319 e. The average molecular weight is 445 g/mol. The van der Waals surface area contributed by atoms with E-state index in [-0.39, 0.29) is 17.4 Å². The van der Waals surface area contributed by atoms with Crippen molar-refractivity contribution < 1.29 is 17.6 Å². The van der Waals surface area contributed by atoms with E-state index in [0.717, 1.165) is 22.2 Å². The van der Waals surface area contributed by atoms with Crippen LogP contribution in [0.2, 0.25) is 0 Å². The summed E-state index contributed by atoms with van der Waals surface area (Å²) in [6, 6.07) is 14.2. The first kappa shape index (κ1) is 20.0. The van der Waals surface area contributed by atoms with Gasteiger partial charge in [-0.1, -0.05) is 12.1 Å². The smallest absolute Gasteiger partial charge is 0.265 e. The van der Waals surface area contributed by atoms with Crippen molar-refractivity contribution in [2.24, 2.45) is 0 Å². The zero-order valence-electron chi connectivity index (χ0n) is 16.0. The third kappa shape index (κ3) is 4.05. The van der Waals surface area contributed by atoms with Crippen LogP contribution >= 0.6 is 11.3 Å². The maximum Gasteiger partial charge on any atom is 0.265 e. The minimum atomic E-state index is -3.49. The normalized spacial score (nSPS) is 11.6. The number of aryl methyl sites for hydroxylation is 1. The second-order valence-electron chi connectivity index (χ2n) is 6.68. The van der Waals surface area contributed by atoms with Gasteiger partial charge >= 0.3 is 0 Å². The molecule has 154 valence electrons. The minimum Gasteiger partial charge on any atom is -0.319 e. The number of hydrogen-bond acceptors (Lipinski definition) is 5. The Labute approximate surface area is 176 Å². The van der Waals surface area contributed by atoms with E-state index in [1.807, 2.05) is 6.92 Å². The number of hydrogen-bond donors (Lipinski definition) is 2. The number of nitrogens with one attached hydrogen (secondary N) is 2. The summed E-state index contributed by atoms with van der Waals surface area (Å²) in [4.78, 5) is 14.0. The number of aromatic nitrogens is 2. The summed E-state index contributed by atoms with van der Waals surface area (Å²) >= 11 is 1.25. The molecule has 0 aliphatic rings. The summed E-state index contributed by atoms with van der Waals surface area (Å²) < 4.78 is 40.4. The molecule has 0 fully saturated rings. The number of rotatable bonds is 5. The van der Waals surface area contributed by atoms with Crippen molar-refractivity contribution in [1.29, 1.82) is 0 Å². The van der Waals surface area contributed by atoms with Gasteiger partial charge in [-0.15, -0.1) is 11.3 Å². The fourth-order valence-electron chi connectivity index (χ4n) is 2.98. The van der Waals surface area contributed by atoms with Crippen molar-refractivity contribution in [2.75, 3.05) is 16.3 Å². The highest BCUT2D eigenvalue weighted by Crippen LogP contribution is 2.31. The molecule has 10 heteroatoms. The number of anilines is 2. The second kappa shape index (κ2) is 7.54. The van der Waals surface area contributed by atoms with Gasteiger partial charge in [0.25, 0.3) is 5.91 Å². The molecule has 1 amide bonds. The third-order valence-corrected chi connectivity index (χ3v) is 6.01. The van der Waals surface area contributed by atoms with Crippen molar-refractivity contribution in [3.63, 3.8) is 0 Å². The Hall–Kier alpha value is -3.24. The minimum absolute atomic E-state index is 0.281. The van der Waals surface area contributed by atoms with E-state index in [1.165, 1.54) is 23.5 Å². The van der Waals surface area contributed by atoms with E-state index in [9.17, 15) is 17.6 Å². The molecule has 0 saturated heterocycles. The fraction of sp³-hybridized carbons (Fsp3) is 0.100. The number of fused-ring (bicyclic) bond motifs is 1. The van der Waals surface area contributed by atoms with E-state index >= 15 is 0 Å². The summed E-state index contributed by atoms with van der Waals surface area (Å²) in [5.41, 5.74) is 2.06. The van der Waals surface area contributed by atoms with Crippen LogP contribution in [0.5, 0.6) is 0 Å². The lowest BCUT2D eigenvalue weighted by Crippen LogP contribution is -2.15. The molecule has 30 heavy (non-hydrogen) atoms. The Kier molecular flexibility index (Phi) is 5.04. The maximum atomic E-state index is 13.3. The number of thiophene rings is 1. The predicted octanol–water partition coefficient (Wildman–Crippen LogP) is 4.16. The van der Waals surface area contributed by atoms with Gasteiger partial charge in [-0.05, 0) is 49.4 Å². The molecule has 2 aromatic carbocycles. The molecule has 0 radical (unpaired) electrons.